The van der Waals surface area contributed by atoms with Crippen molar-refractivity contribution in [3.05, 3.63) is 70.8 Å². The van der Waals surface area contributed by atoms with E-state index in [1.54, 1.807) is 19.2 Å². The SMILES string of the molecule is CN=C(NCc1cccc(C#N)c1)NC(C)c1ccc(F)c(F)c1.I. The molecule has 0 spiro atoms. The first-order valence-electron chi connectivity index (χ1n) is 7.44. The number of rotatable bonds is 4. The molecule has 2 N–H and O–H groups in total. The third-order valence-corrected chi connectivity index (χ3v) is 3.54. The van der Waals surface area contributed by atoms with Gasteiger partial charge in [-0.05, 0) is 42.3 Å². The number of halogens is 3. The molecule has 1 unspecified atom stereocenters. The molecule has 0 aliphatic rings. The standard InChI is InChI=1S/C18H18F2N4.HI/c1-12(15-6-7-16(19)17(20)9-15)24-18(22-2)23-11-14-5-3-4-13(8-14)10-21;/h3-9,12H,11H2,1-2H3,(H2,22,23,24);1H. The van der Waals surface area contributed by atoms with Gasteiger partial charge in [0.05, 0.1) is 17.7 Å². The van der Waals surface area contributed by atoms with Crippen LogP contribution in [0.25, 0.3) is 0 Å². The average molecular weight is 456 g/mol. The molecule has 0 aliphatic carbocycles. The molecule has 2 aromatic carbocycles. The first-order valence-corrected chi connectivity index (χ1v) is 7.44. The second-order valence-electron chi connectivity index (χ2n) is 5.28. The summed E-state index contributed by atoms with van der Waals surface area (Å²) in [4.78, 5) is 4.11. The first-order chi connectivity index (χ1) is 11.5. The molecule has 2 aromatic rings. The Hall–Kier alpha value is -2.21. The molecule has 0 saturated carbocycles. The molecule has 0 heterocycles. The Morgan fingerprint density at radius 2 is 1.96 bits per heavy atom. The van der Waals surface area contributed by atoms with Gasteiger partial charge in [-0.15, -0.1) is 24.0 Å². The number of nitrogens with zero attached hydrogens (tertiary/aromatic N) is 2. The van der Waals surface area contributed by atoms with Crippen LogP contribution in [0.1, 0.15) is 29.7 Å². The van der Waals surface area contributed by atoms with Crippen molar-refractivity contribution in [1.82, 2.24) is 10.6 Å². The lowest BCUT2D eigenvalue weighted by Gasteiger charge is -2.18. The Labute approximate surface area is 163 Å². The van der Waals surface area contributed by atoms with Crippen molar-refractivity contribution >= 4 is 29.9 Å². The fraction of sp³-hybridized carbons (Fsp3) is 0.222. The zero-order chi connectivity index (χ0) is 17.5. The summed E-state index contributed by atoms with van der Waals surface area (Å²) in [5.74, 6) is -1.22. The van der Waals surface area contributed by atoms with Crippen molar-refractivity contribution in [2.45, 2.75) is 19.5 Å². The Morgan fingerprint density at radius 1 is 1.20 bits per heavy atom. The summed E-state index contributed by atoms with van der Waals surface area (Å²) in [6, 6.07) is 12.9. The molecule has 7 heteroatoms. The lowest BCUT2D eigenvalue weighted by molar-refractivity contribution is 0.504. The van der Waals surface area contributed by atoms with Crippen LogP contribution in [-0.4, -0.2) is 13.0 Å². The molecule has 0 saturated heterocycles. The molecule has 4 nitrogen and oxygen atoms in total. The van der Waals surface area contributed by atoms with Crippen LogP contribution >= 0.6 is 24.0 Å². The first kappa shape index (κ1) is 20.8. The average Bonchev–Trinajstić information content (AvgIpc) is 2.60. The van der Waals surface area contributed by atoms with Crippen molar-refractivity contribution in [3.8, 4) is 6.07 Å². The number of aliphatic imine (C=N–C) groups is 1. The van der Waals surface area contributed by atoms with Crippen LogP contribution in [-0.2, 0) is 6.54 Å². The van der Waals surface area contributed by atoms with E-state index in [0.29, 0.717) is 23.6 Å². The summed E-state index contributed by atoms with van der Waals surface area (Å²) in [7, 11) is 1.62. The predicted molar refractivity (Wildman–Crippen MR) is 105 cm³/mol. The highest BCUT2D eigenvalue weighted by Crippen LogP contribution is 2.15. The van der Waals surface area contributed by atoms with Gasteiger partial charge in [0.2, 0.25) is 0 Å². The summed E-state index contributed by atoms with van der Waals surface area (Å²) in [5, 5.41) is 15.1. The van der Waals surface area contributed by atoms with Crippen LogP contribution < -0.4 is 10.6 Å². The molecule has 0 bridgehead atoms. The Bertz CT molecular complexity index is 787. The third kappa shape index (κ3) is 5.98. The summed E-state index contributed by atoms with van der Waals surface area (Å²) >= 11 is 0. The molecule has 0 aliphatic heterocycles. The Morgan fingerprint density at radius 3 is 2.60 bits per heavy atom. The Balaban J connectivity index is 0.00000312. The largest absolute Gasteiger partial charge is 0.352 e. The van der Waals surface area contributed by atoms with Gasteiger partial charge in [-0.3, -0.25) is 4.99 Å². The molecular formula is C18H19F2IN4. The van der Waals surface area contributed by atoms with Gasteiger partial charge in [0.25, 0.3) is 0 Å². The van der Waals surface area contributed by atoms with Gasteiger partial charge in [0, 0.05) is 13.6 Å². The van der Waals surface area contributed by atoms with E-state index in [1.807, 2.05) is 19.1 Å². The van der Waals surface area contributed by atoms with Crippen molar-refractivity contribution in [2.75, 3.05) is 7.05 Å². The Kier molecular flexibility index (Phi) is 8.28. The maximum absolute atomic E-state index is 13.3. The minimum atomic E-state index is -0.877. The van der Waals surface area contributed by atoms with Crippen LogP contribution in [0.15, 0.2) is 47.5 Å². The zero-order valence-corrected chi connectivity index (χ0v) is 16.2. The molecule has 0 fully saturated rings. The minimum Gasteiger partial charge on any atom is -0.352 e. The summed E-state index contributed by atoms with van der Waals surface area (Å²) < 4.78 is 26.3. The van der Waals surface area contributed by atoms with E-state index in [2.05, 4.69) is 21.7 Å². The van der Waals surface area contributed by atoms with E-state index in [1.165, 1.54) is 6.07 Å². The van der Waals surface area contributed by atoms with Crippen molar-refractivity contribution in [3.63, 3.8) is 0 Å². The maximum atomic E-state index is 13.3. The van der Waals surface area contributed by atoms with E-state index in [9.17, 15) is 8.78 Å². The third-order valence-electron chi connectivity index (χ3n) is 3.54. The molecule has 1 atom stereocenters. The number of nitriles is 1. The second kappa shape index (κ2) is 9.93. The summed E-state index contributed by atoms with van der Waals surface area (Å²) in [6.07, 6.45) is 0. The van der Waals surface area contributed by atoms with Gasteiger partial charge in [0.15, 0.2) is 17.6 Å². The summed E-state index contributed by atoms with van der Waals surface area (Å²) in [6.45, 7) is 2.32. The normalized spacial score (nSPS) is 11.9. The highest BCUT2D eigenvalue weighted by molar-refractivity contribution is 14.0. The highest BCUT2D eigenvalue weighted by atomic mass is 127. The lowest BCUT2D eigenvalue weighted by atomic mass is 10.1. The molecule has 0 amide bonds. The topological polar surface area (TPSA) is 60.2 Å². The van der Waals surface area contributed by atoms with Crippen LogP contribution in [0, 0.1) is 23.0 Å². The molecule has 25 heavy (non-hydrogen) atoms. The zero-order valence-electron chi connectivity index (χ0n) is 13.9. The van der Waals surface area contributed by atoms with Gasteiger partial charge >= 0.3 is 0 Å². The van der Waals surface area contributed by atoms with Crippen molar-refractivity contribution in [2.24, 2.45) is 4.99 Å². The van der Waals surface area contributed by atoms with Gasteiger partial charge in [-0.2, -0.15) is 5.26 Å². The van der Waals surface area contributed by atoms with Crippen LogP contribution in [0.4, 0.5) is 8.78 Å². The smallest absolute Gasteiger partial charge is 0.191 e. The molecule has 0 radical (unpaired) electrons. The number of nitrogens with one attached hydrogen (secondary N) is 2. The molecular weight excluding hydrogens is 437 g/mol. The van der Waals surface area contributed by atoms with E-state index in [-0.39, 0.29) is 30.0 Å². The highest BCUT2D eigenvalue weighted by Gasteiger charge is 2.11. The fourth-order valence-corrected chi connectivity index (χ4v) is 2.20. The molecule has 2 rings (SSSR count). The minimum absolute atomic E-state index is 0. The molecule has 0 aromatic heterocycles. The van der Waals surface area contributed by atoms with E-state index in [0.717, 1.165) is 17.7 Å². The number of benzene rings is 2. The van der Waals surface area contributed by atoms with Crippen LogP contribution in [0.3, 0.4) is 0 Å². The maximum Gasteiger partial charge on any atom is 0.191 e. The van der Waals surface area contributed by atoms with Crippen LogP contribution in [0.5, 0.6) is 0 Å². The van der Waals surface area contributed by atoms with Crippen molar-refractivity contribution < 1.29 is 8.78 Å². The number of hydrogen-bond acceptors (Lipinski definition) is 2. The number of hydrogen-bond donors (Lipinski definition) is 2. The van der Waals surface area contributed by atoms with Gasteiger partial charge < -0.3 is 10.6 Å². The van der Waals surface area contributed by atoms with E-state index in [4.69, 9.17) is 5.26 Å². The quantitative estimate of drug-likeness (QED) is 0.417. The van der Waals surface area contributed by atoms with Gasteiger partial charge in [-0.1, -0.05) is 18.2 Å². The van der Waals surface area contributed by atoms with Crippen molar-refractivity contribution in [1.29, 1.82) is 5.26 Å². The van der Waals surface area contributed by atoms with E-state index >= 15 is 0 Å². The number of guanidine groups is 1. The second-order valence-corrected chi connectivity index (χ2v) is 5.28. The summed E-state index contributed by atoms with van der Waals surface area (Å²) in [5.41, 5.74) is 2.15. The lowest BCUT2D eigenvalue weighted by Crippen LogP contribution is -2.38. The predicted octanol–water partition coefficient (Wildman–Crippen LogP) is 3.88. The van der Waals surface area contributed by atoms with Gasteiger partial charge in [-0.25, -0.2) is 8.78 Å². The molecule has 132 valence electrons. The van der Waals surface area contributed by atoms with Gasteiger partial charge in [0.1, 0.15) is 0 Å². The van der Waals surface area contributed by atoms with Crippen LogP contribution in [0.2, 0.25) is 0 Å². The monoisotopic (exact) mass is 456 g/mol. The van der Waals surface area contributed by atoms with E-state index < -0.39 is 11.6 Å². The fourth-order valence-electron chi connectivity index (χ4n) is 2.20.